The second-order valence-electron chi connectivity index (χ2n) is 8.45. The van der Waals surface area contributed by atoms with E-state index in [1.54, 1.807) is 19.2 Å². The first-order valence-corrected chi connectivity index (χ1v) is 10.7. The third-order valence-electron chi connectivity index (χ3n) is 6.66. The minimum absolute atomic E-state index is 0.122. The van der Waals surface area contributed by atoms with Crippen molar-refractivity contribution in [3.8, 4) is 5.75 Å². The van der Waals surface area contributed by atoms with Crippen LogP contribution in [-0.2, 0) is 10.2 Å². The average molecular weight is 426 g/mol. The molecule has 0 unspecified atom stereocenters. The second kappa shape index (κ2) is 6.91. The first kappa shape index (κ1) is 19.2. The predicted octanol–water partition coefficient (Wildman–Crippen LogP) is 3.55. The maximum absolute atomic E-state index is 13.4. The second-order valence-corrected chi connectivity index (χ2v) is 8.89. The van der Waals surface area contributed by atoms with E-state index in [4.69, 9.17) is 16.3 Å². The third kappa shape index (κ3) is 3.10. The van der Waals surface area contributed by atoms with Gasteiger partial charge in [-0.2, -0.15) is 0 Å². The molecule has 156 valence electrons. The van der Waals surface area contributed by atoms with Gasteiger partial charge in [0.05, 0.1) is 18.1 Å². The fourth-order valence-corrected chi connectivity index (χ4v) is 4.86. The molecule has 7 heteroatoms. The third-order valence-corrected chi connectivity index (χ3v) is 6.89. The number of nitrogens with one attached hydrogen (secondary N) is 2. The van der Waals surface area contributed by atoms with E-state index in [-0.39, 0.29) is 11.8 Å². The quantitative estimate of drug-likeness (QED) is 0.788. The van der Waals surface area contributed by atoms with Gasteiger partial charge >= 0.3 is 0 Å². The lowest BCUT2D eigenvalue weighted by Gasteiger charge is -2.46. The highest BCUT2D eigenvalue weighted by Crippen LogP contribution is 2.50. The number of nitrogens with zero attached hydrogens (tertiary/aromatic N) is 1. The van der Waals surface area contributed by atoms with Crippen LogP contribution in [0.2, 0.25) is 5.02 Å². The van der Waals surface area contributed by atoms with Gasteiger partial charge in [-0.3, -0.25) is 9.59 Å². The summed E-state index contributed by atoms with van der Waals surface area (Å²) in [6, 6.07) is 13.1. The minimum Gasteiger partial charge on any atom is -0.497 e. The van der Waals surface area contributed by atoms with Gasteiger partial charge in [-0.05, 0) is 48.7 Å². The molecule has 0 aromatic heterocycles. The zero-order valence-corrected chi connectivity index (χ0v) is 17.6. The van der Waals surface area contributed by atoms with Gasteiger partial charge in [0.1, 0.15) is 11.4 Å². The van der Waals surface area contributed by atoms with E-state index >= 15 is 0 Å². The number of piperidine rings is 1. The molecule has 2 aliphatic heterocycles. The highest BCUT2D eigenvalue weighted by Gasteiger charge is 2.54. The Balaban J connectivity index is 1.29. The van der Waals surface area contributed by atoms with Crippen molar-refractivity contribution in [1.29, 1.82) is 0 Å². The molecule has 1 spiro atoms. The number of benzene rings is 2. The lowest BCUT2D eigenvalue weighted by atomic mass is 9.89. The summed E-state index contributed by atoms with van der Waals surface area (Å²) in [6.45, 7) is 1.21. The number of amides is 2. The number of anilines is 1. The van der Waals surface area contributed by atoms with E-state index in [9.17, 15) is 9.59 Å². The smallest absolute Gasteiger partial charge is 0.255 e. The molecular formula is C23H24ClN3O3. The number of halogens is 1. The van der Waals surface area contributed by atoms with Crippen molar-refractivity contribution in [3.05, 3.63) is 58.6 Å². The van der Waals surface area contributed by atoms with Crippen LogP contribution in [0.15, 0.2) is 42.5 Å². The van der Waals surface area contributed by atoms with Crippen LogP contribution in [0.1, 0.15) is 41.6 Å². The van der Waals surface area contributed by atoms with Crippen molar-refractivity contribution < 1.29 is 14.3 Å². The summed E-state index contributed by atoms with van der Waals surface area (Å²) in [5, 5.41) is 7.14. The maximum atomic E-state index is 13.4. The van der Waals surface area contributed by atoms with Crippen molar-refractivity contribution >= 4 is 29.1 Å². The molecular weight excluding hydrogens is 402 g/mol. The fourth-order valence-electron chi connectivity index (χ4n) is 4.69. The highest BCUT2D eigenvalue weighted by molar-refractivity contribution is 6.31. The Morgan fingerprint density at radius 2 is 1.73 bits per heavy atom. The number of hydrogen-bond donors (Lipinski definition) is 2. The molecule has 2 aromatic carbocycles. The molecule has 2 fully saturated rings. The van der Waals surface area contributed by atoms with E-state index in [1.165, 1.54) is 0 Å². The van der Waals surface area contributed by atoms with Crippen LogP contribution >= 0.6 is 11.6 Å². The van der Waals surface area contributed by atoms with Gasteiger partial charge in [0, 0.05) is 36.6 Å². The van der Waals surface area contributed by atoms with Crippen molar-refractivity contribution in [2.24, 2.45) is 0 Å². The van der Waals surface area contributed by atoms with Gasteiger partial charge in [-0.25, -0.2) is 0 Å². The van der Waals surface area contributed by atoms with E-state index in [1.807, 2.05) is 35.2 Å². The molecule has 1 saturated carbocycles. The van der Waals surface area contributed by atoms with Gasteiger partial charge in [-0.15, -0.1) is 0 Å². The van der Waals surface area contributed by atoms with Crippen LogP contribution in [-0.4, -0.2) is 42.6 Å². The number of ether oxygens (including phenoxy) is 1. The van der Waals surface area contributed by atoms with E-state index in [0.717, 1.165) is 29.8 Å². The number of fused-ring (bicyclic) bond motifs is 1. The number of methoxy groups -OCH3 is 1. The summed E-state index contributed by atoms with van der Waals surface area (Å²) >= 11 is 6.03. The summed E-state index contributed by atoms with van der Waals surface area (Å²) in [6.07, 6.45) is 3.07. The van der Waals surface area contributed by atoms with Crippen LogP contribution in [0.4, 0.5) is 5.69 Å². The largest absolute Gasteiger partial charge is 0.497 e. The van der Waals surface area contributed by atoms with E-state index < -0.39 is 11.1 Å². The Bertz CT molecular complexity index is 1010. The molecule has 0 atom stereocenters. The average Bonchev–Trinajstić information content (AvgIpc) is 3.57. The van der Waals surface area contributed by atoms with Crippen LogP contribution in [0, 0.1) is 0 Å². The minimum atomic E-state index is -0.522. The molecule has 1 saturated heterocycles. The molecule has 30 heavy (non-hydrogen) atoms. The van der Waals surface area contributed by atoms with Gasteiger partial charge in [0.15, 0.2) is 0 Å². The number of rotatable bonds is 3. The number of likely N-dealkylation sites (tertiary alicyclic amines) is 1. The molecule has 5 rings (SSSR count). The Morgan fingerprint density at radius 1 is 1.03 bits per heavy atom. The lowest BCUT2D eigenvalue weighted by Crippen LogP contribution is -2.63. The Kier molecular flexibility index (Phi) is 4.43. The molecule has 2 amide bonds. The van der Waals surface area contributed by atoms with E-state index in [0.29, 0.717) is 36.5 Å². The van der Waals surface area contributed by atoms with Crippen LogP contribution < -0.4 is 15.4 Å². The van der Waals surface area contributed by atoms with E-state index in [2.05, 4.69) is 10.6 Å². The summed E-state index contributed by atoms with van der Waals surface area (Å²) in [5.41, 5.74) is 1.49. The summed E-state index contributed by atoms with van der Waals surface area (Å²) in [4.78, 5) is 28.0. The molecule has 2 aromatic rings. The van der Waals surface area contributed by atoms with Gasteiger partial charge in [0.2, 0.25) is 5.91 Å². The summed E-state index contributed by atoms with van der Waals surface area (Å²) < 4.78 is 5.24. The zero-order chi connectivity index (χ0) is 20.9. The Morgan fingerprint density at radius 3 is 2.37 bits per heavy atom. The lowest BCUT2D eigenvalue weighted by molar-refractivity contribution is -0.135. The maximum Gasteiger partial charge on any atom is 0.255 e. The summed E-state index contributed by atoms with van der Waals surface area (Å²) in [5.74, 6) is 0.863. The van der Waals surface area contributed by atoms with Crippen LogP contribution in [0.3, 0.4) is 0 Å². The number of carbonyl (C=O) groups is 2. The van der Waals surface area contributed by atoms with Gasteiger partial charge < -0.3 is 20.3 Å². The van der Waals surface area contributed by atoms with Gasteiger partial charge in [-0.1, -0.05) is 23.7 Å². The van der Waals surface area contributed by atoms with Crippen LogP contribution in [0.5, 0.6) is 5.75 Å². The number of carbonyl (C=O) groups excluding carboxylic acids is 2. The molecule has 1 aliphatic carbocycles. The van der Waals surface area contributed by atoms with Crippen LogP contribution in [0.25, 0.3) is 0 Å². The predicted molar refractivity (Wildman–Crippen MR) is 115 cm³/mol. The summed E-state index contributed by atoms with van der Waals surface area (Å²) in [7, 11) is 1.64. The SMILES string of the molecule is COc1ccc(C2(C(=O)N3CCC4(CC3)NC(=O)c3cc(Cl)ccc3N4)CC2)cc1. The number of hydrogen-bond acceptors (Lipinski definition) is 4. The molecule has 2 N–H and O–H groups in total. The molecule has 0 bridgehead atoms. The normalized spacial score (nSPS) is 20.7. The first-order chi connectivity index (χ1) is 14.4. The van der Waals surface area contributed by atoms with Gasteiger partial charge in [0.25, 0.3) is 5.91 Å². The van der Waals surface area contributed by atoms with Crippen molar-refractivity contribution in [3.63, 3.8) is 0 Å². The fraction of sp³-hybridized carbons (Fsp3) is 0.391. The zero-order valence-electron chi connectivity index (χ0n) is 16.8. The standard InChI is InChI=1S/C23H24ClN3O3/c1-30-17-5-2-15(3-6-17)22(8-9-22)21(29)27-12-10-23(11-13-27)25-19-7-4-16(24)14-18(19)20(28)26-23/h2-7,14,25H,8-13H2,1H3,(H,26,28). The Hall–Kier alpha value is -2.73. The molecule has 2 heterocycles. The topological polar surface area (TPSA) is 70.7 Å². The molecule has 0 radical (unpaired) electrons. The Labute approximate surface area is 180 Å². The first-order valence-electron chi connectivity index (χ1n) is 10.3. The molecule has 3 aliphatic rings. The molecule has 6 nitrogen and oxygen atoms in total. The highest BCUT2D eigenvalue weighted by atomic mass is 35.5. The van der Waals surface area contributed by atoms with Crippen molar-refractivity contribution in [1.82, 2.24) is 10.2 Å². The van der Waals surface area contributed by atoms with Crippen molar-refractivity contribution in [2.45, 2.75) is 36.8 Å². The van der Waals surface area contributed by atoms with Crippen molar-refractivity contribution in [2.75, 3.05) is 25.5 Å². The monoisotopic (exact) mass is 425 g/mol.